The summed E-state index contributed by atoms with van der Waals surface area (Å²) < 4.78 is 0. The molecule has 0 fully saturated rings. The Balaban J connectivity index is 2.05. The normalized spacial score (nSPS) is 21.9. The van der Waals surface area contributed by atoms with Crippen LogP contribution in [-0.2, 0) is 4.79 Å². The van der Waals surface area contributed by atoms with Crippen LogP contribution in [-0.4, -0.2) is 16.7 Å². The van der Waals surface area contributed by atoms with Crippen LogP contribution >= 0.6 is 23.8 Å². The maximum atomic E-state index is 12.5. The van der Waals surface area contributed by atoms with Crippen molar-refractivity contribution in [3.8, 4) is 0 Å². The number of para-hydroxylation sites is 1. The van der Waals surface area contributed by atoms with Crippen LogP contribution in [0.5, 0.6) is 0 Å². The molecule has 0 aromatic heterocycles. The van der Waals surface area contributed by atoms with Crippen molar-refractivity contribution >= 4 is 46.2 Å². The Morgan fingerprint density at radius 2 is 2.00 bits per heavy atom. The van der Waals surface area contributed by atoms with Crippen molar-refractivity contribution in [2.24, 2.45) is 10.9 Å². The van der Waals surface area contributed by atoms with E-state index < -0.39 is 5.92 Å². The molecular formula is C14H9ClN2OS. The van der Waals surface area contributed by atoms with Gasteiger partial charge in [0, 0.05) is 5.03 Å². The summed E-state index contributed by atoms with van der Waals surface area (Å²) in [6, 6.07) is 9.27. The van der Waals surface area contributed by atoms with Crippen molar-refractivity contribution in [3.63, 3.8) is 0 Å². The van der Waals surface area contributed by atoms with Crippen LogP contribution in [0.2, 0.25) is 0 Å². The summed E-state index contributed by atoms with van der Waals surface area (Å²) in [5, 5.41) is 0.803. The molecule has 1 aliphatic carbocycles. The van der Waals surface area contributed by atoms with Crippen molar-refractivity contribution in [2.45, 2.75) is 0 Å². The zero-order valence-electron chi connectivity index (χ0n) is 9.79. The number of carbonyl (C=O) groups is 1. The van der Waals surface area contributed by atoms with Crippen molar-refractivity contribution in [1.82, 2.24) is 0 Å². The van der Waals surface area contributed by atoms with E-state index in [0.717, 1.165) is 5.69 Å². The number of carbonyl (C=O) groups excluding carboxylic acids is 1. The van der Waals surface area contributed by atoms with E-state index in [4.69, 9.17) is 23.8 Å². The van der Waals surface area contributed by atoms with Crippen LogP contribution < -0.4 is 4.90 Å². The molecule has 1 aliphatic heterocycles. The van der Waals surface area contributed by atoms with E-state index in [-0.39, 0.29) is 11.0 Å². The number of thiocarbonyl (C=S) groups is 1. The molecule has 1 aromatic carbocycles. The fourth-order valence-electron chi connectivity index (χ4n) is 2.09. The van der Waals surface area contributed by atoms with Crippen LogP contribution in [0.3, 0.4) is 0 Å². The number of allylic oxidation sites excluding steroid dienone is 3. The molecule has 0 saturated carbocycles. The highest BCUT2D eigenvalue weighted by molar-refractivity contribution is 7.80. The van der Waals surface area contributed by atoms with Gasteiger partial charge in [-0.1, -0.05) is 35.9 Å². The minimum atomic E-state index is -0.408. The summed E-state index contributed by atoms with van der Waals surface area (Å²) >= 11 is 11.1. The Morgan fingerprint density at radius 3 is 2.74 bits per heavy atom. The Bertz CT molecular complexity index is 649. The summed E-state index contributed by atoms with van der Waals surface area (Å²) in [5.74, 6) is -0.507. The Morgan fingerprint density at radius 1 is 1.26 bits per heavy atom. The summed E-state index contributed by atoms with van der Waals surface area (Å²) in [6.07, 6.45) is 5.14. The molecule has 94 valence electrons. The number of halogens is 1. The second kappa shape index (κ2) is 4.72. The molecule has 0 bridgehead atoms. The molecule has 3 rings (SSSR count). The molecule has 1 heterocycles. The summed E-state index contributed by atoms with van der Waals surface area (Å²) in [7, 11) is 0. The lowest BCUT2D eigenvalue weighted by molar-refractivity contribution is -0.118. The van der Waals surface area contributed by atoms with Gasteiger partial charge in [-0.25, -0.2) is 4.99 Å². The van der Waals surface area contributed by atoms with Gasteiger partial charge in [-0.15, -0.1) is 0 Å². The predicted molar refractivity (Wildman–Crippen MR) is 80.5 cm³/mol. The number of hydrogen-bond acceptors (Lipinski definition) is 2. The van der Waals surface area contributed by atoms with Crippen molar-refractivity contribution < 1.29 is 4.79 Å². The Labute approximate surface area is 120 Å². The van der Waals surface area contributed by atoms with E-state index in [1.54, 1.807) is 18.2 Å². The molecule has 0 radical (unpaired) electrons. The maximum absolute atomic E-state index is 12.5. The molecule has 19 heavy (non-hydrogen) atoms. The SMILES string of the molecule is O=C1C2C=CC(Cl)=CC2=NC(=S)N1c1ccccc1. The molecule has 5 heteroatoms. The Hall–Kier alpha value is -1.78. The number of rotatable bonds is 1. The fourth-order valence-corrected chi connectivity index (χ4v) is 2.57. The largest absolute Gasteiger partial charge is 0.273 e. The van der Waals surface area contributed by atoms with E-state index in [9.17, 15) is 4.79 Å². The molecule has 1 atom stereocenters. The minimum absolute atomic E-state index is 0.0992. The van der Waals surface area contributed by atoms with Crippen LogP contribution in [0.25, 0.3) is 0 Å². The van der Waals surface area contributed by atoms with Gasteiger partial charge >= 0.3 is 0 Å². The maximum Gasteiger partial charge on any atom is 0.246 e. The lowest BCUT2D eigenvalue weighted by Crippen LogP contribution is -2.46. The third-order valence-electron chi connectivity index (χ3n) is 2.97. The van der Waals surface area contributed by atoms with Gasteiger partial charge in [0.1, 0.15) is 0 Å². The standard InChI is InChI=1S/C14H9ClN2OS/c15-9-6-7-11-12(8-9)16-14(19)17(13(11)18)10-4-2-1-3-5-10/h1-8,11H. The molecule has 2 aliphatic rings. The zero-order valence-corrected chi connectivity index (χ0v) is 11.4. The van der Waals surface area contributed by atoms with Crippen LogP contribution in [0.1, 0.15) is 0 Å². The highest BCUT2D eigenvalue weighted by atomic mass is 35.5. The topological polar surface area (TPSA) is 32.7 Å². The molecule has 3 nitrogen and oxygen atoms in total. The molecule has 0 saturated heterocycles. The molecular weight excluding hydrogens is 280 g/mol. The molecule has 1 amide bonds. The average Bonchev–Trinajstić information content (AvgIpc) is 2.39. The van der Waals surface area contributed by atoms with E-state index >= 15 is 0 Å². The summed E-state index contributed by atoms with van der Waals surface area (Å²) in [5.41, 5.74) is 1.34. The van der Waals surface area contributed by atoms with Gasteiger partial charge in [0.25, 0.3) is 0 Å². The lowest BCUT2D eigenvalue weighted by atomic mass is 9.95. The number of amides is 1. The first-order valence-electron chi connectivity index (χ1n) is 5.74. The third kappa shape index (κ3) is 2.13. The smallest absolute Gasteiger partial charge is 0.246 e. The average molecular weight is 289 g/mol. The van der Waals surface area contributed by atoms with Gasteiger partial charge in [-0.05, 0) is 36.5 Å². The van der Waals surface area contributed by atoms with Crippen LogP contribution in [0.4, 0.5) is 5.69 Å². The van der Waals surface area contributed by atoms with Gasteiger partial charge < -0.3 is 0 Å². The molecule has 1 unspecified atom stereocenters. The zero-order chi connectivity index (χ0) is 13.4. The van der Waals surface area contributed by atoms with E-state index in [1.807, 2.05) is 30.3 Å². The number of fused-ring (bicyclic) bond motifs is 1. The first-order valence-corrected chi connectivity index (χ1v) is 6.52. The molecule has 1 aromatic rings. The summed E-state index contributed by atoms with van der Waals surface area (Å²) in [4.78, 5) is 18.3. The van der Waals surface area contributed by atoms with Crippen LogP contribution in [0.15, 0.2) is 58.6 Å². The first-order chi connectivity index (χ1) is 9.16. The number of hydrogen-bond donors (Lipinski definition) is 0. The number of nitrogens with zero attached hydrogens (tertiary/aromatic N) is 2. The number of aliphatic imine (C=N–C) groups is 1. The molecule has 0 N–H and O–H groups in total. The monoisotopic (exact) mass is 288 g/mol. The van der Waals surface area contributed by atoms with E-state index in [1.165, 1.54) is 4.90 Å². The van der Waals surface area contributed by atoms with Crippen molar-refractivity contribution in [3.05, 3.63) is 53.6 Å². The first kappa shape index (κ1) is 12.3. The van der Waals surface area contributed by atoms with Gasteiger partial charge in [0.2, 0.25) is 11.0 Å². The predicted octanol–water partition coefficient (Wildman–Crippen LogP) is 3.07. The van der Waals surface area contributed by atoms with Gasteiger partial charge in [-0.3, -0.25) is 9.69 Å². The highest BCUT2D eigenvalue weighted by Gasteiger charge is 2.35. The number of benzene rings is 1. The fraction of sp³-hybridized carbons (Fsp3) is 0.0714. The van der Waals surface area contributed by atoms with E-state index in [2.05, 4.69) is 4.99 Å². The minimum Gasteiger partial charge on any atom is -0.273 e. The van der Waals surface area contributed by atoms with E-state index in [0.29, 0.717) is 10.7 Å². The quantitative estimate of drug-likeness (QED) is 0.744. The summed E-state index contributed by atoms with van der Waals surface area (Å²) in [6.45, 7) is 0. The molecule has 0 spiro atoms. The number of anilines is 1. The Kier molecular flexibility index (Phi) is 3.05. The third-order valence-corrected chi connectivity index (χ3v) is 3.48. The highest BCUT2D eigenvalue weighted by Crippen LogP contribution is 2.27. The van der Waals surface area contributed by atoms with Crippen LogP contribution in [0, 0.1) is 5.92 Å². The van der Waals surface area contributed by atoms with Gasteiger partial charge in [0.15, 0.2) is 0 Å². The van der Waals surface area contributed by atoms with Gasteiger partial charge in [-0.2, -0.15) is 0 Å². The second-order valence-corrected chi connectivity index (χ2v) is 5.00. The van der Waals surface area contributed by atoms with Gasteiger partial charge in [0.05, 0.1) is 17.3 Å². The van der Waals surface area contributed by atoms with Crippen molar-refractivity contribution in [2.75, 3.05) is 4.90 Å². The lowest BCUT2D eigenvalue weighted by Gasteiger charge is -2.30. The second-order valence-electron chi connectivity index (χ2n) is 4.19. The van der Waals surface area contributed by atoms with Crippen molar-refractivity contribution in [1.29, 1.82) is 0 Å².